The topological polar surface area (TPSA) is 36.1 Å². The van der Waals surface area contributed by atoms with Crippen LogP contribution in [0.3, 0.4) is 0 Å². The minimum atomic E-state index is -0.0844. The van der Waals surface area contributed by atoms with Crippen LogP contribution in [0.15, 0.2) is 78.9 Å². The largest absolute Gasteiger partial charge is 0.354 e. The van der Waals surface area contributed by atoms with Crippen molar-refractivity contribution in [3.05, 3.63) is 95.6 Å². The van der Waals surface area contributed by atoms with Crippen LogP contribution in [0.4, 0.5) is 0 Å². The molecular formula is C27H26N2O. The van der Waals surface area contributed by atoms with E-state index in [1.807, 2.05) is 24.3 Å². The van der Waals surface area contributed by atoms with Crippen molar-refractivity contribution in [1.29, 1.82) is 0 Å². The van der Waals surface area contributed by atoms with Crippen LogP contribution in [0.2, 0.25) is 0 Å². The van der Waals surface area contributed by atoms with Gasteiger partial charge in [0, 0.05) is 28.6 Å². The van der Waals surface area contributed by atoms with Gasteiger partial charge in [-0.15, -0.1) is 0 Å². The van der Waals surface area contributed by atoms with E-state index < -0.39 is 0 Å². The summed E-state index contributed by atoms with van der Waals surface area (Å²) in [6.45, 7) is 5.18. The van der Waals surface area contributed by atoms with Crippen LogP contribution < -0.4 is 0 Å². The Hall–Kier alpha value is -3.33. The Labute approximate surface area is 177 Å². The predicted octanol–water partition coefficient (Wildman–Crippen LogP) is 6.43. The fraction of sp³-hybridized carbons (Fsp3) is 0.222. The van der Waals surface area contributed by atoms with Crippen molar-refractivity contribution in [3.8, 4) is 11.3 Å². The highest BCUT2D eigenvalue weighted by molar-refractivity contribution is 6.02. The van der Waals surface area contributed by atoms with Gasteiger partial charge in [-0.3, -0.25) is 4.79 Å². The lowest BCUT2D eigenvalue weighted by atomic mass is 9.93. The Bertz CT molecular complexity index is 1210. The molecule has 3 aromatic carbocycles. The van der Waals surface area contributed by atoms with Crippen LogP contribution in [-0.2, 0) is 0 Å². The van der Waals surface area contributed by atoms with E-state index in [0.717, 1.165) is 40.9 Å². The van der Waals surface area contributed by atoms with E-state index in [0.29, 0.717) is 5.92 Å². The number of nitrogens with one attached hydrogen (secondary N) is 1. The van der Waals surface area contributed by atoms with Gasteiger partial charge in [-0.05, 0) is 35.6 Å². The van der Waals surface area contributed by atoms with Gasteiger partial charge in [0.05, 0.1) is 11.7 Å². The van der Waals surface area contributed by atoms with Gasteiger partial charge in [-0.2, -0.15) is 0 Å². The quantitative estimate of drug-likeness (QED) is 0.416. The number of para-hydroxylation sites is 1. The molecule has 150 valence electrons. The lowest BCUT2D eigenvalue weighted by Crippen LogP contribution is -2.30. The molecular weight excluding hydrogens is 368 g/mol. The van der Waals surface area contributed by atoms with Crippen molar-refractivity contribution in [2.24, 2.45) is 5.92 Å². The Morgan fingerprint density at radius 1 is 0.900 bits per heavy atom. The number of hydrogen-bond donors (Lipinski definition) is 1. The highest BCUT2D eigenvalue weighted by Crippen LogP contribution is 2.45. The molecule has 0 saturated carbocycles. The van der Waals surface area contributed by atoms with E-state index in [1.165, 1.54) is 10.9 Å². The second kappa shape index (κ2) is 7.49. The maximum atomic E-state index is 13.4. The molecule has 5 rings (SSSR count). The molecule has 1 aromatic heterocycles. The van der Waals surface area contributed by atoms with Gasteiger partial charge in [0.25, 0.3) is 5.91 Å². The van der Waals surface area contributed by atoms with Crippen molar-refractivity contribution < 1.29 is 4.79 Å². The fourth-order valence-corrected chi connectivity index (χ4v) is 4.59. The number of aromatic nitrogens is 1. The number of carbonyl (C=O) groups is 1. The molecule has 0 bridgehead atoms. The summed E-state index contributed by atoms with van der Waals surface area (Å²) in [6, 6.07) is 26.9. The van der Waals surface area contributed by atoms with Crippen molar-refractivity contribution in [2.75, 3.05) is 6.54 Å². The van der Waals surface area contributed by atoms with E-state index in [-0.39, 0.29) is 11.9 Å². The summed E-state index contributed by atoms with van der Waals surface area (Å²) in [4.78, 5) is 19.1. The summed E-state index contributed by atoms with van der Waals surface area (Å²) in [5, 5.41) is 1.18. The molecule has 0 aliphatic carbocycles. The normalized spacial score (nSPS) is 15.9. The molecule has 0 unspecified atom stereocenters. The van der Waals surface area contributed by atoms with Gasteiger partial charge in [0.15, 0.2) is 0 Å². The number of fused-ring (bicyclic) bond motifs is 2. The molecule has 1 N–H and O–H groups in total. The van der Waals surface area contributed by atoms with E-state index in [2.05, 4.69) is 78.3 Å². The van der Waals surface area contributed by atoms with E-state index in [4.69, 9.17) is 0 Å². The third kappa shape index (κ3) is 3.02. The highest BCUT2D eigenvalue weighted by Gasteiger charge is 2.39. The second-order valence-electron chi connectivity index (χ2n) is 8.50. The number of H-pyrrole nitrogens is 1. The van der Waals surface area contributed by atoms with Crippen molar-refractivity contribution >= 4 is 16.8 Å². The summed E-state index contributed by atoms with van der Waals surface area (Å²) >= 11 is 0. The monoisotopic (exact) mass is 394 g/mol. The maximum Gasteiger partial charge on any atom is 0.255 e. The minimum Gasteiger partial charge on any atom is -0.354 e. The standard InChI is InChI=1S/C27H26N2O/c1-18(2)16-17-29-26(20-12-6-7-13-21(20)27(29)30)24-22-14-8-9-15-23(22)28-25(24)19-10-4-3-5-11-19/h3-15,18,26,28H,16-17H2,1-2H3/t26-/m1/s1. The minimum absolute atomic E-state index is 0.0844. The number of amides is 1. The van der Waals surface area contributed by atoms with E-state index in [1.54, 1.807) is 0 Å². The van der Waals surface area contributed by atoms with Crippen LogP contribution in [0, 0.1) is 5.92 Å². The van der Waals surface area contributed by atoms with Crippen LogP contribution >= 0.6 is 0 Å². The first-order valence-corrected chi connectivity index (χ1v) is 10.7. The van der Waals surface area contributed by atoms with Crippen molar-refractivity contribution in [3.63, 3.8) is 0 Å². The van der Waals surface area contributed by atoms with Gasteiger partial charge in [-0.1, -0.05) is 80.6 Å². The Kier molecular flexibility index (Phi) is 4.66. The van der Waals surface area contributed by atoms with Gasteiger partial charge in [-0.25, -0.2) is 0 Å². The molecule has 30 heavy (non-hydrogen) atoms. The second-order valence-corrected chi connectivity index (χ2v) is 8.50. The highest BCUT2D eigenvalue weighted by atomic mass is 16.2. The first kappa shape index (κ1) is 18.7. The molecule has 0 fully saturated rings. The zero-order chi connectivity index (χ0) is 20.7. The number of aromatic amines is 1. The van der Waals surface area contributed by atoms with Crippen molar-refractivity contribution in [1.82, 2.24) is 9.88 Å². The Morgan fingerprint density at radius 3 is 2.40 bits per heavy atom. The first-order valence-electron chi connectivity index (χ1n) is 10.7. The summed E-state index contributed by atoms with van der Waals surface area (Å²) in [7, 11) is 0. The summed E-state index contributed by atoms with van der Waals surface area (Å²) in [6.07, 6.45) is 0.985. The average molecular weight is 395 g/mol. The molecule has 4 aromatic rings. The molecule has 3 nitrogen and oxygen atoms in total. The number of benzene rings is 3. The summed E-state index contributed by atoms with van der Waals surface area (Å²) < 4.78 is 0. The fourth-order valence-electron chi connectivity index (χ4n) is 4.59. The van der Waals surface area contributed by atoms with Gasteiger partial charge < -0.3 is 9.88 Å². The molecule has 2 heterocycles. The number of hydrogen-bond acceptors (Lipinski definition) is 1. The van der Waals surface area contributed by atoms with Gasteiger partial charge in [0.2, 0.25) is 0 Å². The van der Waals surface area contributed by atoms with Crippen LogP contribution in [-0.4, -0.2) is 22.3 Å². The van der Waals surface area contributed by atoms with Crippen molar-refractivity contribution in [2.45, 2.75) is 26.3 Å². The smallest absolute Gasteiger partial charge is 0.255 e. The Balaban J connectivity index is 1.76. The maximum absolute atomic E-state index is 13.4. The average Bonchev–Trinajstić information content (AvgIpc) is 3.28. The zero-order valence-electron chi connectivity index (χ0n) is 17.4. The van der Waals surface area contributed by atoms with Gasteiger partial charge in [0.1, 0.15) is 0 Å². The van der Waals surface area contributed by atoms with Gasteiger partial charge >= 0.3 is 0 Å². The number of nitrogens with zero attached hydrogens (tertiary/aromatic N) is 1. The molecule has 0 spiro atoms. The third-order valence-corrected chi connectivity index (χ3v) is 6.09. The number of rotatable bonds is 5. The molecule has 0 saturated heterocycles. The number of carbonyl (C=O) groups excluding carboxylic acids is 1. The molecule has 1 amide bonds. The van der Waals surface area contributed by atoms with E-state index in [9.17, 15) is 4.79 Å². The summed E-state index contributed by atoms with van der Waals surface area (Å²) in [5.41, 5.74) is 6.47. The Morgan fingerprint density at radius 2 is 1.60 bits per heavy atom. The first-order chi connectivity index (χ1) is 14.6. The molecule has 1 aliphatic heterocycles. The lowest BCUT2D eigenvalue weighted by Gasteiger charge is -2.27. The van der Waals surface area contributed by atoms with Crippen LogP contribution in [0.25, 0.3) is 22.2 Å². The zero-order valence-corrected chi connectivity index (χ0v) is 17.4. The van der Waals surface area contributed by atoms with Crippen LogP contribution in [0.1, 0.15) is 47.8 Å². The van der Waals surface area contributed by atoms with Crippen LogP contribution in [0.5, 0.6) is 0 Å². The molecule has 0 radical (unpaired) electrons. The molecule has 1 atom stereocenters. The third-order valence-electron chi connectivity index (χ3n) is 6.09. The summed E-state index contributed by atoms with van der Waals surface area (Å²) in [5.74, 6) is 0.680. The van der Waals surface area contributed by atoms with E-state index >= 15 is 0 Å². The predicted molar refractivity (Wildman–Crippen MR) is 123 cm³/mol. The SMILES string of the molecule is CC(C)CCN1C(=O)c2ccccc2[C@@H]1c1c(-c2ccccc2)[nH]c2ccccc12. The lowest BCUT2D eigenvalue weighted by molar-refractivity contribution is 0.0743. The molecule has 3 heteroatoms. The molecule has 1 aliphatic rings.